The summed E-state index contributed by atoms with van der Waals surface area (Å²) in [7, 11) is 0. The lowest BCUT2D eigenvalue weighted by molar-refractivity contribution is 0.0903. The summed E-state index contributed by atoms with van der Waals surface area (Å²) in [6.07, 6.45) is 8.78. The maximum atomic E-state index is 5.48. The van der Waals surface area contributed by atoms with Crippen molar-refractivity contribution >= 4 is 17.5 Å². The quantitative estimate of drug-likeness (QED) is 0.729. The summed E-state index contributed by atoms with van der Waals surface area (Å²) in [5, 5.41) is 15.6. The molecule has 2 aromatic heterocycles. The molecule has 0 amide bonds. The van der Waals surface area contributed by atoms with Crippen LogP contribution < -0.4 is 16.0 Å². The van der Waals surface area contributed by atoms with E-state index in [1.54, 1.807) is 0 Å². The second-order valence-electron chi connectivity index (χ2n) is 8.84. The summed E-state index contributed by atoms with van der Waals surface area (Å²) in [5.74, 6) is 1.87. The van der Waals surface area contributed by atoms with Gasteiger partial charge in [0.1, 0.15) is 0 Å². The zero-order valence-corrected chi connectivity index (χ0v) is 16.8. The number of ether oxygens (including phenoxy) is 1. The molecule has 3 saturated heterocycles. The Morgan fingerprint density at radius 1 is 1.04 bits per heavy atom. The smallest absolute Gasteiger partial charge is 0.229 e. The predicted octanol–water partition coefficient (Wildman–Crippen LogP) is 2.53. The van der Waals surface area contributed by atoms with Gasteiger partial charge in [0.25, 0.3) is 0 Å². The highest BCUT2D eigenvalue weighted by Crippen LogP contribution is 2.29. The van der Waals surface area contributed by atoms with Gasteiger partial charge in [-0.25, -0.2) is 0 Å². The zero-order valence-electron chi connectivity index (χ0n) is 16.8. The molecule has 3 aliphatic heterocycles. The van der Waals surface area contributed by atoms with Crippen LogP contribution in [-0.2, 0) is 4.74 Å². The number of hydrogen-bond acceptors (Lipinski definition) is 7. The fourth-order valence-corrected chi connectivity index (χ4v) is 4.84. The normalized spacial score (nSPS) is 28.2. The molecule has 0 spiro atoms. The van der Waals surface area contributed by atoms with Crippen LogP contribution in [0.3, 0.4) is 0 Å². The van der Waals surface area contributed by atoms with E-state index in [9.17, 15) is 0 Å². The van der Waals surface area contributed by atoms with E-state index in [0.717, 1.165) is 56.1 Å². The third-order valence-corrected chi connectivity index (χ3v) is 6.38. The number of anilines is 2. The molecule has 0 radical (unpaired) electrons. The molecule has 8 nitrogen and oxygen atoms in total. The molecule has 3 N–H and O–H groups in total. The third-order valence-electron chi connectivity index (χ3n) is 6.38. The minimum Gasteiger partial charge on any atom is -0.381 e. The topological polar surface area (TPSA) is 88.4 Å². The van der Waals surface area contributed by atoms with Crippen molar-refractivity contribution < 1.29 is 4.74 Å². The molecule has 3 aliphatic rings. The maximum absolute atomic E-state index is 5.48. The van der Waals surface area contributed by atoms with Crippen LogP contribution in [0.2, 0.25) is 0 Å². The Balaban J connectivity index is 1.45. The summed E-state index contributed by atoms with van der Waals surface area (Å²) in [4.78, 5) is 9.67. The van der Waals surface area contributed by atoms with Crippen LogP contribution in [0.15, 0.2) is 6.20 Å². The summed E-state index contributed by atoms with van der Waals surface area (Å²) in [6, 6.07) is 2.07. The van der Waals surface area contributed by atoms with Crippen molar-refractivity contribution in [1.29, 1.82) is 0 Å². The van der Waals surface area contributed by atoms with Gasteiger partial charge in [-0.1, -0.05) is 13.8 Å². The number of nitrogens with zero attached hydrogens (tertiary/aromatic N) is 4. The third kappa shape index (κ3) is 3.55. The van der Waals surface area contributed by atoms with E-state index in [4.69, 9.17) is 14.7 Å². The molecule has 28 heavy (non-hydrogen) atoms. The van der Waals surface area contributed by atoms with Crippen LogP contribution in [-0.4, -0.2) is 57.0 Å². The van der Waals surface area contributed by atoms with Gasteiger partial charge in [-0.15, -0.1) is 0 Å². The van der Waals surface area contributed by atoms with Crippen molar-refractivity contribution in [1.82, 2.24) is 24.9 Å². The first-order chi connectivity index (χ1) is 13.7. The zero-order chi connectivity index (χ0) is 19.1. The highest BCUT2D eigenvalue weighted by molar-refractivity contribution is 5.56. The first-order valence-corrected chi connectivity index (χ1v) is 10.8. The van der Waals surface area contributed by atoms with Crippen molar-refractivity contribution in [2.24, 2.45) is 0 Å². The fourth-order valence-electron chi connectivity index (χ4n) is 4.84. The summed E-state index contributed by atoms with van der Waals surface area (Å²) >= 11 is 0. The second-order valence-corrected chi connectivity index (χ2v) is 8.84. The monoisotopic (exact) mass is 385 g/mol. The van der Waals surface area contributed by atoms with E-state index in [2.05, 4.69) is 34.9 Å². The van der Waals surface area contributed by atoms with Gasteiger partial charge < -0.3 is 20.7 Å². The number of nitrogens with one attached hydrogen (secondary N) is 3. The van der Waals surface area contributed by atoms with Crippen LogP contribution in [0, 0.1) is 0 Å². The molecule has 0 saturated carbocycles. The van der Waals surface area contributed by atoms with Crippen molar-refractivity contribution in [3.05, 3.63) is 11.8 Å². The van der Waals surface area contributed by atoms with Gasteiger partial charge >= 0.3 is 0 Å². The molecule has 5 heterocycles. The van der Waals surface area contributed by atoms with Crippen molar-refractivity contribution in [2.75, 3.05) is 23.8 Å². The molecular weight excluding hydrogens is 354 g/mol. The Labute approximate surface area is 165 Å². The summed E-state index contributed by atoms with van der Waals surface area (Å²) < 4.78 is 7.37. The van der Waals surface area contributed by atoms with Crippen molar-refractivity contribution in [3.63, 3.8) is 0 Å². The fraction of sp³-hybridized carbons (Fsp3) is 0.750. The van der Waals surface area contributed by atoms with Gasteiger partial charge in [-0.3, -0.25) is 0 Å². The highest BCUT2D eigenvalue weighted by atomic mass is 16.5. The van der Waals surface area contributed by atoms with Crippen molar-refractivity contribution in [2.45, 2.75) is 82.5 Å². The van der Waals surface area contributed by atoms with Gasteiger partial charge in [0, 0.05) is 42.9 Å². The van der Waals surface area contributed by atoms with E-state index >= 15 is 0 Å². The predicted molar refractivity (Wildman–Crippen MR) is 109 cm³/mol. The van der Waals surface area contributed by atoms with E-state index in [0.29, 0.717) is 36.0 Å². The van der Waals surface area contributed by atoms with E-state index in [1.165, 1.54) is 12.8 Å². The lowest BCUT2D eigenvalue weighted by atomic mass is 10.0. The largest absolute Gasteiger partial charge is 0.381 e. The SMILES string of the molecule is CC(C)c1cnn2c(NC3CC4CCC(C3)N4)nc(NC3CCOCC3)nc12. The van der Waals surface area contributed by atoms with Gasteiger partial charge in [-0.2, -0.15) is 19.6 Å². The van der Waals surface area contributed by atoms with Gasteiger partial charge in [0.2, 0.25) is 11.9 Å². The van der Waals surface area contributed by atoms with Crippen molar-refractivity contribution in [3.8, 4) is 0 Å². The number of hydrogen-bond donors (Lipinski definition) is 3. The van der Waals surface area contributed by atoms with Gasteiger partial charge in [0.15, 0.2) is 5.65 Å². The first kappa shape index (κ1) is 18.1. The van der Waals surface area contributed by atoms with E-state index in [1.807, 2.05) is 10.7 Å². The van der Waals surface area contributed by atoms with E-state index < -0.39 is 0 Å². The average Bonchev–Trinajstić information content (AvgIpc) is 3.26. The average molecular weight is 386 g/mol. The molecule has 2 bridgehead atoms. The first-order valence-electron chi connectivity index (χ1n) is 10.8. The Hall–Kier alpha value is -1.93. The molecule has 0 aromatic carbocycles. The van der Waals surface area contributed by atoms with Gasteiger partial charge in [0.05, 0.1) is 6.20 Å². The maximum Gasteiger partial charge on any atom is 0.229 e. The lowest BCUT2D eigenvalue weighted by Gasteiger charge is -2.30. The number of fused-ring (bicyclic) bond motifs is 3. The number of piperidine rings is 1. The number of rotatable bonds is 5. The number of aromatic nitrogens is 4. The molecule has 8 heteroatoms. The second kappa shape index (κ2) is 7.48. The molecule has 3 fully saturated rings. The molecular formula is C20H31N7O. The molecule has 2 unspecified atom stereocenters. The van der Waals surface area contributed by atoms with E-state index in [-0.39, 0.29) is 0 Å². The minimum atomic E-state index is 0.365. The highest BCUT2D eigenvalue weighted by Gasteiger charge is 2.34. The molecule has 0 aliphatic carbocycles. The van der Waals surface area contributed by atoms with Crippen LogP contribution in [0.25, 0.3) is 5.65 Å². The van der Waals surface area contributed by atoms with Crippen LogP contribution in [0.4, 0.5) is 11.9 Å². The Morgan fingerprint density at radius 3 is 2.50 bits per heavy atom. The standard InChI is InChI=1S/C20H31N7O/c1-12(2)17-11-21-27-18(17)25-19(23-13-5-7-28-8-6-13)26-20(27)24-16-9-14-3-4-15(10-16)22-14/h11-16,22H,3-10H2,1-2H3,(H2,23,24,25,26). The van der Waals surface area contributed by atoms with Crippen LogP contribution >= 0.6 is 0 Å². The van der Waals surface area contributed by atoms with Crippen LogP contribution in [0.1, 0.15) is 63.9 Å². The summed E-state index contributed by atoms with van der Waals surface area (Å²) in [5.41, 5.74) is 2.06. The Kier molecular flexibility index (Phi) is 4.84. The Bertz CT molecular complexity index is 817. The van der Waals surface area contributed by atoms with Gasteiger partial charge in [-0.05, 0) is 44.4 Å². The molecule has 152 valence electrons. The lowest BCUT2D eigenvalue weighted by Crippen LogP contribution is -2.43. The summed E-state index contributed by atoms with van der Waals surface area (Å²) in [6.45, 7) is 5.96. The molecule has 2 atom stereocenters. The minimum absolute atomic E-state index is 0.365. The molecule has 5 rings (SSSR count). The Morgan fingerprint density at radius 2 is 1.79 bits per heavy atom. The molecule has 2 aromatic rings. The van der Waals surface area contributed by atoms with Crippen LogP contribution in [0.5, 0.6) is 0 Å².